The highest BCUT2D eigenvalue weighted by Crippen LogP contribution is 2.15. The number of non-ortho nitro benzene ring substituents is 1. The molecule has 1 aromatic rings. The Morgan fingerprint density at radius 3 is 2.56 bits per heavy atom. The summed E-state index contributed by atoms with van der Waals surface area (Å²) in [7, 11) is 0. The maximum absolute atomic E-state index is 11.7. The van der Waals surface area contributed by atoms with Crippen molar-refractivity contribution in [1.29, 1.82) is 0 Å². The van der Waals surface area contributed by atoms with Gasteiger partial charge in [0.05, 0.1) is 11.3 Å². The van der Waals surface area contributed by atoms with Crippen LogP contribution in [0.3, 0.4) is 0 Å². The Labute approximate surface area is 101 Å². The van der Waals surface area contributed by atoms with Crippen LogP contribution in [0, 0.1) is 10.1 Å². The van der Waals surface area contributed by atoms with Gasteiger partial charge in [-0.2, -0.15) is 0 Å². The average molecular weight is 250 g/mol. The van der Waals surface area contributed by atoms with Gasteiger partial charge in [-0.05, 0) is 12.1 Å². The van der Waals surface area contributed by atoms with Crippen LogP contribution in [0.2, 0.25) is 0 Å². The van der Waals surface area contributed by atoms with Crippen molar-refractivity contribution in [3.8, 4) is 0 Å². The Balaban J connectivity index is 1.99. The zero-order chi connectivity index (χ0) is 13.1. The van der Waals surface area contributed by atoms with E-state index in [0.29, 0.717) is 5.69 Å². The molecule has 0 aromatic heterocycles. The lowest BCUT2D eigenvalue weighted by atomic mass is 10.2. The molecule has 1 aromatic carbocycles. The molecular formula is C10H10N4O4. The molecule has 2 rings (SSSR count). The maximum atomic E-state index is 11.7. The van der Waals surface area contributed by atoms with Gasteiger partial charge in [-0.1, -0.05) is 0 Å². The smallest absolute Gasteiger partial charge is 0.269 e. The number of nitrogens with zero attached hydrogens (tertiary/aromatic N) is 1. The summed E-state index contributed by atoms with van der Waals surface area (Å²) in [6.07, 6.45) is 0.0683. The number of nitro groups is 1. The summed E-state index contributed by atoms with van der Waals surface area (Å²) in [5.41, 5.74) is 5.24. The lowest BCUT2D eigenvalue weighted by Crippen LogP contribution is -2.39. The van der Waals surface area contributed by atoms with Gasteiger partial charge in [0.2, 0.25) is 11.8 Å². The Bertz CT molecular complexity index is 499. The van der Waals surface area contributed by atoms with Crippen molar-refractivity contribution in [2.45, 2.75) is 12.5 Å². The van der Waals surface area contributed by atoms with E-state index < -0.39 is 11.0 Å². The number of hydrazine groups is 1. The van der Waals surface area contributed by atoms with Gasteiger partial charge in [-0.15, -0.1) is 0 Å². The van der Waals surface area contributed by atoms with Crippen molar-refractivity contribution in [1.82, 2.24) is 10.9 Å². The molecule has 0 saturated carbocycles. The Morgan fingerprint density at radius 1 is 1.39 bits per heavy atom. The van der Waals surface area contributed by atoms with E-state index in [1.54, 1.807) is 0 Å². The van der Waals surface area contributed by atoms with Crippen LogP contribution in [0.1, 0.15) is 6.42 Å². The number of amides is 2. The van der Waals surface area contributed by atoms with E-state index >= 15 is 0 Å². The van der Waals surface area contributed by atoms with Gasteiger partial charge < -0.3 is 5.32 Å². The second-order valence-electron chi connectivity index (χ2n) is 3.74. The first-order chi connectivity index (χ1) is 8.56. The fourth-order valence-electron chi connectivity index (χ4n) is 1.51. The maximum Gasteiger partial charge on any atom is 0.269 e. The van der Waals surface area contributed by atoms with Crippen LogP contribution in [0.25, 0.3) is 0 Å². The number of nitrogens with one attached hydrogen (secondary N) is 3. The molecule has 94 valence electrons. The fraction of sp³-hybridized carbons (Fsp3) is 0.200. The molecular weight excluding hydrogens is 240 g/mol. The zero-order valence-electron chi connectivity index (χ0n) is 9.17. The Kier molecular flexibility index (Phi) is 3.20. The molecule has 0 bridgehead atoms. The number of nitro benzene ring substituents is 1. The van der Waals surface area contributed by atoms with E-state index in [1.807, 2.05) is 0 Å². The topological polar surface area (TPSA) is 113 Å². The summed E-state index contributed by atoms with van der Waals surface area (Å²) in [6.45, 7) is 0. The van der Waals surface area contributed by atoms with Crippen molar-refractivity contribution >= 4 is 23.2 Å². The van der Waals surface area contributed by atoms with E-state index in [1.165, 1.54) is 24.3 Å². The largest absolute Gasteiger partial charge is 0.325 e. The highest BCUT2D eigenvalue weighted by molar-refractivity contribution is 5.99. The molecule has 8 heteroatoms. The molecule has 3 N–H and O–H groups in total. The zero-order valence-corrected chi connectivity index (χ0v) is 9.17. The molecule has 8 nitrogen and oxygen atoms in total. The molecule has 1 heterocycles. The number of rotatable bonds is 3. The van der Waals surface area contributed by atoms with Crippen LogP contribution >= 0.6 is 0 Å². The van der Waals surface area contributed by atoms with Crippen molar-refractivity contribution in [2.24, 2.45) is 0 Å². The highest BCUT2D eigenvalue weighted by atomic mass is 16.6. The van der Waals surface area contributed by atoms with Gasteiger partial charge >= 0.3 is 0 Å². The molecule has 0 aliphatic carbocycles. The summed E-state index contributed by atoms with van der Waals surface area (Å²) in [6, 6.07) is 4.82. The van der Waals surface area contributed by atoms with Crippen molar-refractivity contribution in [3.63, 3.8) is 0 Å². The number of carbonyl (C=O) groups is 2. The normalized spacial score (nSPS) is 18.2. The molecule has 1 aliphatic heterocycles. The number of hydrogen-bond acceptors (Lipinski definition) is 5. The van der Waals surface area contributed by atoms with E-state index in [0.717, 1.165) is 0 Å². The standard InChI is InChI=1S/C10H10N4O4/c15-9-5-8(12-13-9)10(16)11-6-1-3-7(4-2-6)14(17)18/h1-4,8,12H,5H2,(H,11,16)(H,13,15). The van der Waals surface area contributed by atoms with Gasteiger partial charge in [0.15, 0.2) is 0 Å². The van der Waals surface area contributed by atoms with Gasteiger partial charge in [-0.3, -0.25) is 25.1 Å². The van der Waals surface area contributed by atoms with Gasteiger partial charge in [0.25, 0.3) is 5.69 Å². The lowest BCUT2D eigenvalue weighted by Gasteiger charge is -2.09. The third-order valence-corrected chi connectivity index (χ3v) is 2.44. The minimum atomic E-state index is -0.632. The van der Waals surface area contributed by atoms with E-state index in [9.17, 15) is 19.7 Å². The van der Waals surface area contributed by atoms with E-state index in [4.69, 9.17) is 0 Å². The molecule has 18 heavy (non-hydrogen) atoms. The molecule has 2 amide bonds. The predicted molar refractivity (Wildman–Crippen MR) is 61.4 cm³/mol. The van der Waals surface area contributed by atoms with Crippen LogP contribution in [0.4, 0.5) is 11.4 Å². The van der Waals surface area contributed by atoms with Crippen LogP contribution in [-0.4, -0.2) is 22.8 Å². The molecule has 0 radical (unpaired) electrons. The Morgan fingerprint density at radius 2 is 2.06 bits per heavy atom. The summed E-state index contributed by atoms with van der Waals surface area (Å²) in [5, 5.41) is 13.0. The minimum Gasteiger partial charge on any atom is -0.325 e. The first kappa shape index (κ1) is 12.0. The third-order valence-electron chi connectivity index (χ3n) is 2.44. The second-order valence-corrected chi connectivity index (χ2v) is 3.74. The predicted octanol–water partition coefficient (Wildman–Crippen LogP) is -0.0736. The van der Waals surface area contributed by atoms with Crippen molar-refractivity contribution in [2.75, 3.05) is 5.32 Å². The minimum absolute atomic E-state index is 0.0520. The number of benzene rings is 1. The average Bonchev–Trinajstić information content (AvgIpc) is 2.76. The summed E-state index contributed by atoms with van der Waals surface area (Å²) < 4.78 is 0. The number of hydrogen-bond donors (Lipinski definition) is 3. The quantitative estimate of drug-likeness (QED) is 0.513. The molecule has 1 saturated heterocycles. The van der Waals surface area contributed by atoms with Gasteiger partial charge in [0, 0.05) is 17.8 Å². The second kappa shape index (κ2) is 4.80. The van der Waals surface area contributed by atoms with Crippen LogP contribution in [0.15, 0.2) is 24.3 Å². The van der Waals surface area contributed by atoms with Crippen LogP contribution in [-0.2, 0) is 9.59 Å². The van der Waals surface area contributed by atoms with E-state index in [-0.39, 0.29) is 23.9 Å². The van der Waals surface area contributed by atoms with Crippen molar-refractivity contribution in [3.05, 3.63) is 34.4 Å². The molecule has 1 unspecified atom stereocenters. The summed E-state index contributed by atoms with van der Waals surface area (Å²) in [5.74, 6) is -0.624. The van der Waals surface area contributed by atoms with Crippen molar-refractivity contribution < 1.29 is 14.5 Å². The number of carbonyl (C=O) groups excluding carboxylic acids is 2. The fourth-order valence-corrected chi connectivity index (χ4v) is 1.51. The monoisotopic (exact) mass is 250 g/mol. The van der Waals surface area contributed by atoms with Gasteiger partial charge in [-0.25, -0.2) is 5.43 Å². The Hall–Kier alpha value is -2.48. The molecule has 1 aliphatic rings. The SMILES string of the molecule is O=C1CC(C(=O)Nc2ccc([N+](=O)[O-])cc2)NN1. The molecule has 1 atom stereocenters. The van der Waals surface area contributed by atoms with E-state index in [2.05, 4.69) is 16.2 Å². The third kappa shape index (κ3) is 2.61. The number of anilines is 1. The first-order valence-electron chi connectivity index (χ1n) is 5.16. The summed E-state index contributed by atoms with van der Waals surface area (Å²) >= 11 is 0. The molecule has 1 fully saturated rings. The molecule has 0 spiro atoms. The van der Waals surface area contributed by atoms with Gasteiger partial charge in [0.1, 0.15) is 6.04 Å². The summed E-state index contributed by atoms with van der Waals surface area (Å²) in [4.78, 5) is 32.5. The highest BCUT2D eigenvalue weighted by Gasteiger charge is 2.27. The lowest BCUT2D eigenvalue weighted by molar-refractivity contribution is -0.384. The van der Waals surface area contributed by atoms with Crippen LogP contribution < -0.4 is 16.2 Å². The first-order valence-corrected chi connectivity index (χ1v) is 5.16. The van der Waals surface area contributed by atoms with Crippen LogP contribution in [0.5, 0.6) is 0 Å².